The van der Waals surface area contributed by atoms with Gasteiger partial charge in [-0.25, -0.2) is 4.79 Å². The molecule has 0 saturated carbocycles. The fraction of sp³-hybridized carbons (Fsp3) is 0.818. The molecule has 0 bridgehead atoms. The Labute approximate surface area is 159 Å². The lowest BCUT2D eigenvalue weighted by Gasteiger charge is -2.31. The molecule has 2 unspecified atom stereocenters. The lowest BCUT2D eigenvalue weighted by Crippen LogP contribution is -2.30. The van der Waals surface area contributed by atoms with Crippen molar-refractivity contribution in [1.82, 2.24) is 0 Å². The van der Waals surface area contributed by atoms with Crippen LogP contribution < -0.4 is 0 Å². The Balaban J connectivity index is 2.36. The van der Waals surface area contributed by atoms with Gasteiger partial charge in [-0.15, -0.1) is 0 Å². The van der Waals surface area contributed by atoms with Gasteiger partial charge in [0.1, 0.15) is 0 Å². The number of carbonyl (C=O) groups excluding carboxylic acids is 1. The largest absolute Gasteiger partial charge is 0.479 e. The molecule has 0 aromatic heterocycles. The van der Waals surface area contributed by atoms with E-state index in [1.165, 1.54) is 32.1 Å². The van der Waals surface area contributed by atoms with Crippen LogP contribution in [0.1, 0.15) is 91.4 Å². The van der Waals surface area contributed by atoms with E-state index in [9.17, 15) is 14.7 Å². The minimum atomic E-state index is -1.26. The summed E-state index contributed by atoms with van der Waals surface area (Å²) in [4.78, 5) is 23.0. The second-order valence-corrected chi connectivity index (χ2v) is 8.38. The van der Waals surface area contributed by atoms with Crippen molar-refractivity contribution in [3.8, 4) is 0 Å². The van der Waals surface area contributed by atoms with E-state index in [1.807, 2.05) is 0 Å². The maximum Gasteiger partial charge on any atom is 0.332 e. The molecule has 0 aromatic rings. The lowest BCUT2D eigenvalue weighted by atomic mass is 9.72. The van der Waals surface area contributed by atoms with Gasteiger partial charge in [-0.2, -0.15) is 0 Å². The second-order valence-electron chi connectivity index (χ2n) is 8.38. The van der Waals surface area contributed by atoms with Gasteiger partial charge in [0, 0.05) is 5.41 Å². The Hall–Kier alpha value is -1.16. The van der Waals surface area contributed by atoms with Gasteiger partial charge in [0.25, 0.3) is 0 Å². The highest BCUT2D eigenvalue weighted by Crippen LogP contribution is 2.43. The van der Waals surface area contributed by atoms with E-state index in [4.69, 9.17) is 5.11 Å². The van der Waals surface area contributed by atoms with Crippen molar-refractivity contribution in [2.24, 2.45) is 17.3 Å². The summed E-state index contributed by atoms with van der Waals surface area (Å²) in [5.41, 5.74) is -0.297. The highest BCUT2D eigenvalue weighted by atomic mass is 16.4. The molecule has 4 atom stereocenters. The maximum absolute atomic E-state index is 12.4. The van der Waals surface area contributed by atoms with Crippen molar-refractivity contribution in [2.75, 3.05) is 0 Å². The first-order valence-electron chi connectivity index (χ1n) is 10.4. The first kappa shape index (κ1) is 22.9. The molecule has 150 valence electrons. The van der Waals surface area contributed by atoms with Crippen molar-refractivity contribution in [3.63, 3.8) is 0 Å². The van der Waals surface area contributed by atoms with Crippen LogP contribution >= 0.6 is 0 Å². The summed E-state index contributed by atoms with van der Waals surface area (Å²) < 4.78 is 0. The lowest BCUT2D eigenvalue weighted by molar-refractivity contribution is -0.146. The van der Waals surface area contributed by atoms with E-state index in [-0.39, 0.29) is 17.6 Å². The van der Waals surface area contributed by atoms with E-state index in [2.05, 4.69) is 26.8 Å². The van der Waals surface area contributed by atoms with Gasteiger partial charge in [-0.1, -0.05) is 78.2 Å². The van der Waals surface area contributed by atoms with E-state index < -0.39 is 12.1 Å². The molecule has 1 rings (SSSR count). The summed E-state index contributed by atoms with van der Waals surface area (Å²) >= 11 is 0. The van der Waals surface area contributed by atoms with Crippen molar-refractivity contribution >= 4 is 11.8 Å². The minimum absolute atomic E-state index is 0.242. The summed E-state index contributed by atoms with van der Waals surface area (Å²) in [6.07, 6.45) is 13.6. The van der Waals surface area contributed by atoms with Crippen LogP contribution in [-0.4, -0.2) is 28.1 Å². The van der Waals surface area contributed by atoms with E-state index in [1.54, 1.807) is 6.08 Å². The van der Waals surface area contributed by atoms with Crippen LogP contribution in [0.4, 0.5) is 0 Å². The fourth-order valence-corrected chi connectivity index (χ4v) is 3.99. The van der Waals surface area contributed by atoms with E-state index in [0.29, 0.717) is 18.3 Å². The van der Waals surface area contributed by atoms with Gasteiger partial charge in [-0.3, -0.25) is 4.79 Å². The summed E-state index contributed by atoms with van der Waals surface area (Å²) in [5, 5.41) is 18.0. The molecule has 0 saturated heterocycles. The third kappa shape index (κ3) is 7.22. The molecule has 1 aliphatic carbocycles. The fourth-order valence-electron chi connectivity index (χ4n) is 3.99. The number of carboxylic acids is 1. The highest BCUT2D eigenvalue weighted by Gasteiger charge is 2.41. The second kappa shape index (κ2) is 11.5. The van der Waals surface area contributed by atoms with Crippen LogP contribution in [-0.2, 0) is 9.59 Å². The van der Waals surface area contributed by atoms with Gasteiger partial charge in [0.15, 0.2) is 11.9 Å². The van der Waals surface area contributed by atoms with Gasteiger partial charge in [-0.05, 0) is 37.2 Å². The Bertz CT molecular complexity index is 471. The number of carboxylic acid groups (broad SMARTS) is 1. The van der Waals surface area contributed by atoms with Crippen LogP contribution in [0.5, 0.6) is 0 Å². The van der Waals surface area contributed by atoms with Crippen LogP contribution in [0.2, 0.25) is 0 Å². The molecule has 0 spiro atoms. The van der Waals surface area contributed by atoms with Crippen LogP contribution in [0.25, 0.3) is 0 Å². The van der Waals surface area contributed by atoms with Gasteiger partial charge in [0.05, 0.1) is 0 Å². The topological polar surface area (TPSA) is 74.6 Å². The molecule has 26 heavy (non-hydrogen) atoms. The number of hydrogen-bond acceptors (Lipinski definition) is 3. The maximum atomic E-state index is 12.4. The predicted octanol–water partition coefficient (Wildman–Crippen LogP) is 5.14. The SMILES string of the molecule is CCCCCC(C)CC[C@H]1C=CC(=O)[C@]1(C)CCCCCC(O)C(=O)O. The molecule has 0 fully saturated rings. The molecule has 2 N–H and O–H groups in total. The molecule has 4 nitrogen and oxygen atoms in total. The Morgan fingerprint density at radius 2 is 1.85 bits per heavy atom. The zero-order valence-electron chi connectivity index (χ0n) is 16.9. The monoisotopic (exact) mass is 366 g/mol. The van der Waals surface area contributed by atoms with Crippen LogP contribution in [0, 0.1) is 17.3 Å². The van der Waals surface area contributed by atoms with Gasteiger partial charge < -0.3 is 10.2 Å². The molecule has 4 heteroatoms. The van der Waals surface area contributed by atoms with Crippen molar-refractivity contribution < 1.29 is 19.8 Å². The third-order valence-electron chi connectivity index (χ3n) is 6.09. The smallest absolute Gasteiger partial charge is 0.332 e. The van der Waals surface area contributed by atoms with E-state index in [0.717, 1.165) is 25.7 Å². The number of rotatable bonds is 14. The first-order valence-corrected chi connectivity index (χ1v) is 10.4. The zero-order chi connectivity index (χ0) is 19.6. The Morgan fingerprint density at radius 3 is 2.50 bits per heavy atom. The van der Waals surface area contributed by atoms with Gasteiger partial charge in [0.2, 0.25) is 0 Å². The molecule has 0 aromatic carbocycles. The quantitative estimate of drug-likeness (QED) is 0.417. The molecule has 1 aliphatic rings. The number of carbonyl (C=O) groups is 2. The molecule has 0 heterocycles. The number of ketones is 1. The normalized spacial score (nSPS) is 24.8. The Morgan fingerprint density at radius 1 is 1.15 bits per heavy atom. The predicted molar refractivity (Wildman–Crippen MR) is 105 cm³/mol. The van der Waals surface area contributed by atoms with Crippen LogP contribution in [0.3, 0.4) is 0 Å². The Kier molecular flexibility index (Phi) is 10.1. The zero-order valence-corrected chi connectivity index (χ0v) is 16.9. The van der Waals surface area contributed by atoms with Gasteiger partial charge >= 0.3 is 5.97 Å². The molecule has 0 aliphatic heterocycles. The van der Waals surface area contributed by atoms with Crippen molar-refractivity contribution in [1.29, 1.82) is 0 Å². The number of aliphatic carboxylic acids is 1. The number of hydrogen-bond donors (Lipinski definition) is 2. The average Bonchev–Trinajstić information content (AvgIpc) is 2.87. The average molecular weight is 367 g/mol. The number of aliphatic hydroxyl groups is 1. The number of unbranched alkanes of at least 4 members (excludes halogenated alkanes) is 4. The summed E-state index contributed by atoms with van der Waals surface area (Å²) in [7, 11) is 0. The summed E-state index contributed by atoms with van der Waals surface area (Å²) in [6, 6.07) is 0. The third-order valence-corrected chi connectivity index (χ3v) is 6.09. The highest BCUT2D eigenvalue weighted by molar-refractivity contribution is 5.97. The summed E-state index contributed by atoms with van der Waals surface area (Å²) in [6.45, 7) is 6.64. The molecule has 0 radical (unpaired) electrons. The minimum Gasteiger partial charge on any atom is -0.479 e. The summed E-state index contributed by atoms with van der Waals surface area (Å²) in [5.74, 6) is 0.132. The van der Waals surface area contributed by atoms with Crippen LogP contribution in [0.15, 0.2) is 12.2 Å². The molecular weight excluding hydrogens is 328 g/mol. The van der Waals surface area contributed by atoms with Crippen molar-refractivity contribution in [3.05, 3.63) is 12.2 Å². The van der Waals surface area contributed by atoms with E-state index >= 15 is 0 Å². The van der Waals surface area contributed by atoms with Crippen molar-refractivity contribution in [2.45, 2.75) is 97.5 Å². The molecular formula is C22H38O4. The molecule has 0 amide bonds. The standard InChI is InChI=1S/C22H38O4/c1-4-5-7-10-17(2)12-13-18-14-15-20(24)22(18,3)16-9-6-8-11-19(23)21(25)26/h14-15,17-19,23H,4-13,16H2,1-3H3,(H,25,26)/t17?,18-,19?,22+/m0/s1. The first-order chi connectivity index (χ1) is 12.3. The number of allylic oxidation sites excluding steroid dienone is 2. The number of aliphatic hydroxyl groups excluding tert-OH is 1.